The van der Waals surface area contributed by atoms with Crippen LogP contribution in [0.2, 0.25) is 0 Å². The Morgan fingerprint density at radius 1 is 0.857 bits per heavy atom. The van der Waals surface area contributed by atoms with Gasteiger partial charge in [0.25, 0.3) is 0 Å². The summed E-state index contributed by atoms with van der Waals surface area (Å²) in [5.74, 6) is -0.964. The molecule has 1 heterocycles. The van der Waals surface area contributed by atoms with Crippen LogP contribution >= 0.6 is 15.9 Å². The quantitative estimate of drug-likeness (QED) is 0.375. The second-order valence-electron chi connectivity index (χ2n) is 6.39. The molecule has 0 saturated heterocycles. The van der Waals surface area contributed by atoms with Crippen molar-refractivity contribution in [2.24, 2.45) is 0 Å². The molecule has 1 N–H and O–H groups in total. The Hall–Kier alpha value is -3.24. The van der Waals surface area contributed by atoms with E-state index in [1.807, 2.05) is 60.7 Å². The van der Waals surface area contributed by atoms with Crippen LogP contribution in [0, 0.1) is 0 Å². The van der Waals surface area contributed by atoms with E-state index in [9.17, 15) is 9.90 Å². The minimum Gasteiger partial charge on any atom is -0.478 e. The third-order valence-electron chi connectivity index (χ3n) is 4.48. The minimum atomic E-state index is -0.964. The molecule has 0 aliphatic rings. The first-order valence-electron chi connectivity index (χ1n) is 8.77. The van der Waals surface area contributed by atoms with Crippen LogP contribution in [-0.4, -0.2) is 16.1 Å². The lowest BCUT2D eigenvalue weighted by atomic mass is 10.0. The van der Waals surface area contributed by atoms with E-state index in [0.717, 1.165) is 21.2 Å². The van der Waals surface area contributed by atoms with Crippen molar-refractivity contribution in [3.63, 3.8) is 0 Å². The monoisotopic (exact) mass is 429 g/mol. The number of aromatic nitrogens is 1. The number of nitrogens with zero attached hydrogens (tertiary/aromatic N) is 1. The lowest BCUT2D eigenvalue weighted by molar-refractivity contribution is 0.0699. The molecule has 0 saturated carbocycles. The van der Waals surface area contributed by atoms with Gasteiger partial charge in [0.2, 0.25) is 0 Å². The Morgan fingerprint density at radius 2 is 1.54 bits per heavy atom. The van der Waals surface area contributed by atoms with E-state index in [1.54, 1.807) is 12.1 Å². The summed E-state index contributed by atoms with van der Waals surface area (Å²) in [5.41, 5.74) is 4.63. The van der Waals surface area contributed by atoms with E-state index in [1.165, 1.54) is 0 Å². The number of halogens is 1. The van der Waals surface area contributed by atoms with Crippen molar-refractivity contribution in [2.45, 2.75) is 0 Å². The molecule has 0 aliphatic heterocycles. The lowest BCUT2D eigenvalue weighted by Crippen LogP contribution is -2.00. The van der Waals surface area contributed by atoms with Gasteiger partial charge in [-0.25, -0.2) is 9.78 Å². The normalized spacial score (nSPS) is 11.2. The maximum Gasteiger partial charge on any atom is 0.336 e. The summed E-state index contributed by atoms with van der Waals surface area (Å²) in [4.78, 5) is 16.4. The summed E-state index contributed by atoms with van der Waals surface area (Å²) < 4.78 is 0.826. The van der Waals surface area contributed by atoms with Gasteiger partial charge in [0.05, 0.1) is 16.8 Å². The standard InChI is InChI=1S/C24H16BrNO2/c25-19-12-13-22-20(14-19)21(24(27)28)15-23(26-22)18-10-8-17(9-11-18)7-6-16-4-2-1-3-5-16/h1-15H,(H,27,28)/b7-6+. The highest BCUT2D eigenvalue weighted by Gasteiger charge is 2.13. The number of rotatable bonds is 4. The molecule has 4 rings (SSSR count). The van der Waals surface area contributed by atoms with Crippen molar-refractivity contribution >= 4 is 45.0 Å². The molecule has 0 amide bonds. The lowest BCUT2D eigenvalue weighted by Gasteiger charge is -2.08. The third-order valence-corrected chi connectivity index (χ3v) is 4.97. The van der Waals surface area contributed by atoms with Crippen LogP contribution in [0.15, 0.2) is 83.3 Å². The Bertz CT molecular complexity index is 1180. The fourth-order valence-corrected chi connectivity index (χ4v) is 3.41. The van der Waals surface area contributed by atoms with E-state index >= 15 is 0 Å². The molecule has 136 valence electrons. The Balaban J connectivity index is 1.69. The Labute approximate surface area is 171 Å². The molecule has 4 heteroatoms. The van der Waals surface area contributed by atoms with Crippen LogP contribution < -0.4 is 0 Å². The van der Waals surface area contributed by atoms with Crippen LogP contribution in [0.25, 0.3) is 34.3 Å². The molecule has 1 aromatic heterocycles. The first-order valence-corrected chi connectivity index (χ1v) is 9.57. The summed E-state index contributed by atoms with van der Waals surface area (Å²) in [5, 5.41) is 10.2. The molecule has 0 unspecified atom stereocenters. The maximum atomic E-state index is 11.7. The maximum absolute atomic E-state index is 11.7. The van der Waals surface area contributed by atoms with Gasteiger partial charge in [-0.2, -0.15) is 0 Å². The first-order chi connectivity index (χ1) is 13.6. The number of pyridine rings is 1. The summed E-state index contributed by atoms with van der Waals surface area (Å²) in [6.45, 7) is 0. The minimum absolute atomic E-state index is 0.245. The van der Waals surface area contributed by atoms with Crippen LogP contribution in [0.3, 0.4) is 0 Å². The Morgan fingerprint density at radius 3 is 2.21 bits per heavy atom. The van der Waals surface area contributed by atoms with Gasteiger partial charge in [-0.1, -0.05) is 82.7 Å². The number of hydrogen-bond donors (Lipinski definition) is 1. The number of carboxylic acid groups (broad SMARTS) is 1. The number of benzene rings is 3. The number of carboxylic acids is 1. The number of carbonyl (C=O) groups is 1. The third kappa shape index (κ3) is 3.87. The highest BCUT2D eigenvalue weighted by Crippen LogP contribution is 2.27. The van der Waals surface area contributed by atoms with Crippen molar-refractivity contribution in [3.8, 4) is 11.3 Å². The summed E-state index contributed by atoms with van der Waals surface area (Å²) in [7, 11) is 0. The average molecular weight is 430 g/mol. The average Bonchev–Trinajstić information content (AvgIpc) is 2.72. The zero-order chi connectivity index (χ0) is 19.5. The smallest absolute Gasteiger partial charge is 0.336 e. The summed E-state index contributed by atoms with van der Waals surface area (Å²) >= 11 is 3.39. The largest absolute Gasteiger partial charge is 0.478 e. The fourth-order valence-electron chi connectivity index (χ4n) is 3.04. The first kappa shape index (κ1) is 18.1. The molecule has 0 fully saturated rings. The molecule has 4 aromatic rings. The van der Waals surface area contributed by atoms with E-state index in [2.05, 4.69) is 39.1 Å². The van der Waals surface area contributed by atoms with Gasteiger partial charge in [-0.15, -0.1) is 0 Å². The van der Waals surface area contributed by atoms with Crippen molar-refractivity contribution < 1.29 is 9.90 Å². The van der Waals surface area contributed by atoms with Gasteiger partial charge in [0.1, 0.15) is 0 Å². The molecule has 0 radical (unpaired) electrons. The molecule has 0 atom stereocenters. The molecule has 28 heavy (non-hydrogen) atoms. The van der Waals surface area contributed by atoms with E-state index < -0.39 is 5.97 Å². The van der Waals surface area contributed by atoms with Gasteiger partial charge in [-0.05, 0) is 35.4 Å². The van der Waals surface area contributed by atoms with Crippen LogP contribution in [0.4, 0.5) is 0 Å². The summed E-state index contributed by atoms with van der Waals surface area (Å²) in [6, 6.07) is 25.1. The molecule has 0 bridgehead atoms. The molecule has 0 spiro atoms. The molecule has 0 aliphatic carbocycles. The molecular weight excluding hydrogens is 414 g/mol. The van der Waals surface area contributed by atoms with Crippen LogP contribution in [-0.2, 0) is 0 Å². The van der Waals surface area contributed by atoms with Crippen LogP contribution in [0.1, 0.15) is 21.5 Å². The Kier molecular flexibility index (Phi) is 5.04. The summed E-state index contributed by atoms with van der Waals surface area (Å²) in [6.07, 6.45) is 4.11. The topological polar surface area (TPSA) is 50.2 Å². The van der Waals surface area contributed by atoms with Gasteiger partial charge >= 0.3 is 5.97 Å². The SMILES string of the molecule is O=C(O)c1cc(-c2ccc(/C=C/c3ccccc3)cc2)nc2ccc(Br)cc12. The number of hydrogen-bond acceptors (Lipinski definition) is 2. The molecular formula is C24H16BrNO2. The van der Waals surface area contributed by atoms with Gasteiger partial charge in [-0.3, -0.25) is 0 Å². The van der Waals surface area contributed by atoms with Crippen molar-refractivity contribution in [1.82, 2.24) is 4.98 Å². The molecule has 3 aromatic carbocycles. The van der Waals surface area contributed by atoms with E-state index in [4.69, 9.17) is 0 Å². The van der Waals surface area contributed by atoms with Crippen molar-refractivity contribution in [1.29, 1.82) is 0 Å². The molecule has 3 nitrogen and oxygen atoms in total. The van der Waals surface area contributed by atoms with Gasteiger partial charge in [0.15, 0.2) is 0 Å². The van der Waals surface area contributed by atoms with Gasteiger partial charge < -0.3 is 5.11 Å². The zero-order valence-electron chi connectivity index (χ0n) is 14.8. The fraction of sp³-hybridized carbons (Fsp3) is 0. The van der Waals surface area contributed by atoms with E-state index in [0.29, 0.717) is 16.6 Å². The van der Waals surface area contributed by atoms with Crippen molar-refractivity contribution in [3.05, 3.63) is 100 Å². The van der Waals surface area contributed by atoms with E-state index in [-0.39, 0.29) is 5.56 Å². The second kappa shape index (κ2) is 7.79. The van der Waals surface area contributed by atoms with Crippen LogP contribution in [0.5, 0.6) is 0 Å². The van der Waals surface area contributed by atoms with Crippen molar-refractivity contribution in [2.75, 3.05) is 0 Å². The number of aromatic carboxylic acids is 1. The highest BCUT2D eigenvalue weighted by atomic mass is 79.9. The predicted octanol–water partition coefficient (Wildman–Crippen LogP) is 6.53. The zero-order valence-corrected chi connectivity index (χ0v) is 16.4. The number of fused-ring (bicyclic) bond motifs is 1. The van der Waals surface area contributed by atoms with Gasteiger partial charge in [0, 0.05) is 15.4 Å². The predicted molar refractivity (Wildman–Crippen MR) is 117 cm³/mol. The second-order valence-corrected chi connectivity index (χ2v) is 7.30. The highest BCUT2D eigenvalue weighted by molar-refractivity contribution is 9.10.